The van der Waals surface area contributed by atoms with Gasteiger partial charge in [0.2, 0.25) is 5.88 Å². The molecule has 2 N–H and O–H groups in total. The Balaban J connectivity index is 2.10. The van der Waals surface area contributed by atoms with E-state index >= 15 is 0 Å². The number of aromatic nitrogens is 2. The highest BCUT2D eigenvalue weighted by Gasteiger charge is 2.22. The fraction of sp³-hybridized carbons (Fsp3) is 0.111. The van der Waals surface area contributed by atoms with Crippen LogP contribution in [0.2, 0.25) is 0 Å². The molecule has 1 aromatic heterocycles. The van der Waals surface area contributed by atoms with Gasteiger partial charge in [-0.05, 0) is 32.0 Å². The number of nitro benzene ring substituents is 1. The lowest BCUT2D eigenvalue weighted by molar-refractivity contribution is -0.385. The van der Waals surface area contributed by atoms with E-state index in [2.05, 4.69) is 5.10 Å². The summed E-state index contributed by atoms with van der Waals surface area (Å²) in [5.74, 6) is -1.83. The number of halogens is 1. The topological polar surface area (TPSA) is 113 Å². The highest BCUT2D eigenvalue weighted by molar-refractivity contribution is 5.93. The number of nitrogens with two attached hydrogens (primary N) is 1. The zero-order chi connectivity index (χ0) is 19.7. The first-order valence-electron chi connectivity index (χ1n) is 7.86. The molecule has 0 aliphatic heterocycles. The average Bonchev–Trinajstić information content (AvgIpc) is 2.94. The molecule has 0 aliphatic rings. The van der Waals surface area contributed by atoms with Crippen LogP contribution in [0.15, 0.2) is 42.5 Å². The highest BCUT2D eigenvalue weighted by Crippen LogP contribution is 2.32. The maximum absolute atomic E-state index is 14.2. The van der Waals surface area contributed by atoms with E-state index in [0.717, 1.165) is 23.8 Å². The molecule has 3 aromatic rings. The maximum Gasteiger partial charge on any atom is 0.272 e. The lowest BCUT2D eigenvalue weighted by Gasteiger charge is -2.11. The smallest absolute Gasteiger partial charge is 0.272 e. The largest absolute Gasteiger partial charge is 0.436 e. The molecule has 9 heteroatoms. The molecular weight excluding hydrogens is 355 g/mol. The summed E-state index contributed by atoms with van der Waals surface area (Å²) in [5.41, 5.74) is 6.85. The quantitative estimate of drug-likeness (QED) is 0.546. The summed E-state index contributed by atoms with van der Waals surface area (Å²) in [6, 6.07) is 10.2. The number of benzene rings is 2. The van der Waals surface area contributed by atoms with Crippen LogP contribution in [-0.2, 0) is 0 Å². The van der Waals surface area contributed by atoms with Gasteiger partial charge in [-0.25, -0.2) is 4.39 Å². The van der Waals surface area contributed by atoms with Crippen LogP contribution in [-0.4, -0.2) is 20.6 Å². The van der Waals surface area contributed by atoms with Crippen molar-refractivity contribution >= 4 is 11.6 Å². The van der Waals surface area contributed by atoms with Crippen molar-refractivity contribution < 1.29 is 18.8 Å². The number of nitro groups is 1. The fourth-order valence-corrected chi connectivity index (χ4v) is 2.49. The number of nitrogens with zero attached hydrogens (tertiary/aromatic N) is 3. The van der Waals surface area contributed by atoms with E-state index in [1.165, 1.54) is 4.68 Å². The van der Waals surface area contributed by atoms with Gasteiger partial charge in [0.25, 0.3) is 11.6 Å². The number of ether oxygens (including phenoxy) is 1. The van der Waals surface area contributed by atoms with Crippen LogP contribution >= 0.6 is 0 Å². The van der Waals surface area contributed by atoms with Crippen LogP contribution in [0.5, 0.6) is 11.6 Å². The van der Waals surface area contributed by atoms with Gasteiger partial charge in [-0.2, -0.15) is 9.78 Å². The van der Waals surface area contributed by atoms with E-state index in [0.29, 0.717) is 11.3 Å². The SMILES string of the molecule is Cc1ccc(-n2nc(C(N)=O)c(C)c2Oc2ccc([N+](=O)[O-])cc2F)cc1. The van der Waals surface area contributed by atoms with Gasteiger partial charge in [-0.1, -0.05) is 17.7 Å². The molecule has 3 rings (SSSR count). The number of primary amides is 1. The second kappa shape index (κ2) is 6.87. The van der Waals surface area contributed by atoms with Crippen molar-refractivity contribution in [3.05, 3.63) is 75.2 Å². The van der Waals surface area contributed by atoms with Crippen molar-refractivity contribution in [1.82, 2.24) is 9.78 Å². The molecule has 27 heavy (non-hydrogen) atoms. The number of aryl methyl sites for hydroxylation is 1. The Morgan fingerprint density at radius 3 is 2.44 bits per heavy atom. The number of rotatable bonds is 5. The van der Waals surface area contributed by atoms with Gasteiger partial charge < -0.3 is 10.5 Å². The summed E-state index contributed by atoms with van der Waals surface area (Å²) in [4.78, 5) is 21.7. The molecular formula is C18H15FN4O4. The Morgan fingerprint density at radius 1 is 1.22 bits per heavy atom. The molecule has 0 saturated carbocycles. The molecule has 1 amide bonds. The molecule has 0 saturated heterocycles. The molecule has 2 aromatic carbocycles. The van der Waals surface area contributed by atoms with Gasteiger partial charge in [-0.15, -0.1) is 0 Å². The van der Waals surface area contributed by atoms with E-state index in [4.69, 9.17) is 10.5 Å². The predicted molar refractivity (Wildman–Crippen MR) is 94.7 cm³/mol. The molecule has 1 heterocycles. The molecule has 0 atom stereocenters. The first-order chi connectivity index (χ1) is 12.8. The van der Waals surface area contributed by atoms with Gasteiger partial charge in [0.05, 0.1) is 16.7 Å². The molecule has 0 aliphatic carbocycles. The van der Waals surface area contributed by atoms with E-state index < -0.39 is 22.3 Å². The summed E-state index contributed by atoms with van der Waals surface area (Å²) >= 11 is 0. The Morgan fingerprint density at radius 2 is 1.89 bits per heavy atom. The van der Waals surface area contributed by atoms with Gasteiger partial charge in [0.1, 0.15) is 0 Å². The number of hydrogen-bond donors (Lipinski definition) is 1. The summed E-state index contributed by atoms with van der Waals surface area (Å²) < 4.78 is 21.2. The standard InChI is InChI=1S/C18H15FN4O4/c1-10-3-5-12(6-4-10)22-18(11(2)16(21-22)17(20)24)27-15-8-7-13(23(25)26)9-14(15)19/h3-9H,1-2H3,(H2,20,24). The summed E-state index contributed by atoms with van der Waals surface area (Å²) in [6.07, 6.45) is 0. The maximum atomic E-state index is 14.2. The van der Waals surface area contributed by atoms with E-state index in [1.54, 1.807) is 19.1 Å². The monoisotopic (exact) mass is 370 g/mol. The molecule has 138 valence electrons. The summed E-state index contributed by atoms with van der Waals surface area (Å²) in [7, 11) is 0. The van der Waals surface area contributed by atoms with Crippen molar-refractivity contribution in [2.24, 2.45) is 5.73 Å². The van der Waals surface area contributed by atoms with Gasteiger partial charge in [-0.3, -0.25) is 14.9 Å². The minimum Gasteiger partial charge on any atom is -0.436 e. The van der Waals surface area contributed by atoms with Crippen molar-refractivity contribution in [3.63, 3.8) is 0 Å². The van der Waals surface area contributed by atoms with Crippen LogP contribution in [0, 0.1) is 29.8 Å². The van der Waals surface area contributed by atoms with Crippen LogP contribution in [0.1, 0.15) is 21.6 Å². The lowest BCUT2D eigenvalue weighted by atomic mass is 10.2. The zero-order valence-corrected chi connectivity index (χ0v) is 14.5. The fourth-order valence-electron chi connectivity index (χ4n) is 2.49. The minimum atomic E-state index is -0.916. The average molecular weight is 370 g/mol. The number of amides is 1. The molecule has 8 nitrogen and oxygen atoms in total. The highest BCUT2D eigenvalue weighted by atomic mass is 19.1. The third-order valence-electron chi connectivity index (χ3n) is 3.91. The van der Waals surface area contributed by atoms with Crippen LogP contribution in [0.25, 0.3) is 5.69 Å². The Bertz CT molecular complexity index is 1040. The molecule has 0 fully saturated rings. The Hall–Kier alpha value is -3.75. The minimum absolute atomic E-state index is 0.0205. The number of hydrogen-bond acceptors (Lipinski definition) is 5. The number of carbonyl (C=O) groups excluding carboxylic acids is 1. The van der Waals surface area contributed by atoms with Gasteiger partial charge in [0, 0.05) is 11.6 Å². The normalized spacial score (nSPS) is 10.6. The van der Waals surface area contributed by atoms with Crippen LogP contribution in [0.4, 0.5) is 10.1 Å². The second-order valence-electron chi connectivity index (χ2n) is 5.86. The molecule has 0 unspecified atom stereocenters. The Labute approximate surface area is 153 Å². The van der Waals surface area contributed by atoms with Crippen molar-refractivity contribution in [3.8, 4) is 17.3 Å². The number of carbonyl (C=O) groups is 1. The van der Waals surface area contributed by atoms with Crippen molar-refractivity contribution in [2.75, 3.05) is 0 Å². The third kappa shape index (κ3) is 3.47. The molecule has 0 radical (unpaired) electrons. The first kappa shape index (κ1) is 18.1. The first-order valence-corrected chi connectivity index (χ1v) is 7.86. The van der Waals surface area contributed by atoms with E-state index in [1.807, 2.05) is 19.1 Å². The van der Waals surface area contributed by atoms with E-state index in [9.17, 15) is 19.3 Å². The summed E-state index contributed by atoms with van der Waals surface area (Å²) in [5, 5.41) is 14.9. The zero-order valence-electron chi connectivity index (χ0n) is 14.5. The lowest BCUT2D eigenvalue weighted by Crippen LogP contribution is -2.13. The van der Waals surface area contributed by atoms with Crippen molar-refractivity contribution in [1.29, 1.82) is 0 Å². The van der Waals surface area contributed by atoms with Crippen molar-refractivity contribution in [2.45, 2.75) is 13.8 Å². The third-order valence-corrected chi connectivity index (χ3v) is 3.91. The van der Waals surface area contributed by atoms with Crippen LogP contribution < -0.4 is 10.5 Å². The van der Waals surface area contributed by atoms with Gasteiger partial charge in [0.15, 0.2) is 17.3 Å². The van der Waals surface area contributed by atoms with E-state index in [-0.39, 0.29) is 17.3 Å². The van der Waals surface area contributed by atoms with Crippen LogP contribution in [0.3, 0.4) is 0 Å². The predicted octanol–water partition coefficient (Wildman–Crippen LogP) is 3.43. The molecule has 0 bridgehead atoms. The second-order valence-corrected chi connectivity index (χ2v) is 5.86. The Kier molecular flexibility index (Phi) is 4.59. The summed E-state index contributed by atoms with van der Waals surface area (Å²) in [6.45, 7) is 3.48. The number of non-ortho nitro benzene ring substituents is 1. The molecule has 0 spiro atoms. The van der Waals surface area contributed by atoms with Gasteiger partial charge >= 0.3 is 0 Å².